The van der Waals surface area contributed by atoms with Gasteiger partial charge in [-0.2, -0.15) is 5.10 Å². The van der Waals surface area contributed by atoms with E-state index in [0.717, 1.165) is 18.4 Å². The van der Waals surface area contributed by atoms with Crippen molar-refractivity contribution in [1.29, 1.82) is 0 Å². The van der Waals surface area contributed by atoms with Crippen LogP contribution in [0.2, 0.25) is 0 Å². The van der Waals surface area contributed by atoms with Crippen LogP contribution in [0.1, 0.15) is 22.3 Å². The Bertz CT molecular complexity index is 789. The number of halogens is 1. The highest BCUT2D eigenvalue weighted by Crippen LogP contribution is 2.20. The Kier molecular flexibility index (Phi) is 4.97. The van der Waals surface area contributed by atoms with Gasteiger partial charge in [0.25, 0.3) is 5.91 Å². The van der Waals surface area contributed by atoms with E-state index in [9.17, 15) is 14.0 Å². The maximum Gasteiger partial charge on any atom is 0.321 e. The van der Waals surface area contributed by atoms with Crippen molar-refractivity contribution in [2.45, 2.75) is 12.8 Å². The molecule has 2 aromatic rings. The van der Waals surface area contributed by atoms with Gasteiger partial charge < -0.3 is 10.6 Å². The molecule has 2 N–H and O–H groups in total. The Morgan fingerprint density at radius 1 is 1.44 bits per heavy atom. The molecule has 3 amide bonds. The monoisotopic (exact) mass is 345 g/mol. The molecule has 0 saturated carbocycles. The van der Waals surface area contributed by atoms with Crippen LogP contribution in [0.25, 0.3) is 0 Å². The Labute approximate surface area is 144 Å². The first-order chi connectivity index (χ1) is 12.0. The second-order valence-corrected chi connectivity index (χ2v) is 5.93. The van der Waals surface area contributed by atoms with Crippen molar-refractivity contribution in [3.63, 3.8) is 0 Å². The van der Waals surface area contributed by atoms with E-state index in [1.165, 1.54) is 23.1 Å². The fraction of sp³-hybridized carbons (Fsp3) is 0.353. The smallest absolute Gasteiger partial charge is 0.321 e. The number of rotatable bonds is 6. The average molecular weight is 345 g/mol. The summed E-state index contributed by atoms with van der Waals surface area (Å²) in [7, 11) is 1.85. The topological polar surface area (TPSA) is 79.3 Å². The number of amides is 3. The van der Waals surface area contributed by atoms with Crippen molar-refractivity contribution >= 4 is 17.6 Å². The number of nitrogens with one attached hydrogen (secondary N) is 2. The molecular weight excluding hydrogens is 325 g/mol. The van der Waals surface area contributed by atoms with Crippen molar-refractivity contribution in [2.24, 2.45) is 7.05 Å². The fourth-order valence-electron chi connectivity index (χ4n) is 2.76. The van der Waals surface area contributed by atoms with E-state index in [0.29, 0.717) is 25.3 Å². The molecule has 1 fully saturated rings. The molecule has 2 heterocycles. The van der Waals surface area contributed by atoms with Gasteiger partial charge in [0.1, 0.15) is 5.82 Å². The van der Waals surface area contributed by atoms with Crippen molar-refractivity contribution in [3.8, 4) is 0 Å². The summed E-state index contributed by atoms with van der Waals surface area (Å²) in [6.07, 6.45) is 5.22. The molecule has 1 saturated heterocycles. The second kappa shape index (κ2) is 7.33. The second-order valence-electron chi connectivity index (χ2n) is 5.93. The van der Waals surface area contributed by atoms with Crippen LogP contribution in [0, 0.1) is 5.82 Å². The molecule has 0 aliphatic carbocycles. The first-order valence-electron chi connectivity index (χ1n) is 8.15. The molecule has 0 radical (unpaired) electrons. The quantitative estimate of drug-likeness (QED) is 0.778. The van der Waals surface area contributed by atoms with Crippen LogP contribution in [-0.4, -0.2) is 41.4 Å². The molecule has 0 bridgehead atoms. The molecule has 8 heteroatoms. The van der Waals surface area contributed by atoms with E-state index in [1.807, 2.05) is 13.2 Å². The van der Waals surface area contributed by atoms with Gasteiger partial charge in [0, 0.05) is 38.6 Å². The number of urea groups is 1. The van der Waals surface area contributed by atoms with E-state index >= 15 is 0 Å². The van der Waals surface area contributed by atoms with Gasteiger partial charge in [-0.25, -0.2) is 9.18 Å². The number of hydrogen-bond donors (Lipinski definition) is 2. The molecule has 7 nitrogen and oxygen atoms in total. The zero-order chi connectivity index (χ0) is 17.8. The molecule has 1 aliphatic heterocycles. The van der Waals surface area contributed by atoms with E-state index in [4.69, 9.17) is 0 Å². The highest BCUT2D eigenvalue weighted by atomic mass is 19.1. The van der Waals surface area contributed by atoms with Crippen LogP contribution in [0.4, 0.5) is 14.9 Å². The Hall–Kier alpha value is -2.90. The van der Waals surface area contributed by atoms with Crippen LogP contribution in [0.15, 0.2) is 30.6 Å². The largest absolute Gasteiger partial charge is 0.352 e. The van der Waals surface area contributed by atoms with Gasteiger partial charge in [0.05, 0.1) is 11.8 Å². The zero-order valence-electron chi connectivity index (χ0n) is 14.0. The van der Waals surface area contributed by atoms with Gasteiger partial charge in [-0.05, 0) is 36.6 Å². The standard InChI is InChI=1S/C17H20FN5O2/c1-22-11-12(10-21-22)3-2-6-19-16(24)14-9-13(4-5-15(14)18)23-8-7-20-17(23)25/h4-5,9-11H,2-3,6-8H2,1H3,(H,19,24)(H,20,25). The third-order valence-corrected chi connectivity index (χ3v) is 4.05. The molecule has 132 valence electrons. The minimum absolute atomic E-state index is 0.0569. The average Bonchev–Trinajstić information content (AvgIpc) is 3.20. The number of hydrogen-bond acceptors (Lipinski definition) is 3. The summed E-state index contributed by atoms with van der Waals surface area (Å²) in [5, 5.41) is 9.48. The van der Waals surface area contributed by atoms with E-state index in [-0.39, 0.29) is 11.6 Å². The summed E-state index contributed by atoms with van der Waals surface area (Å²) >= 11 is 0. The summed E-state index contributed by atoms with van der Waals surface area (Å²) in [5.74, 6) is -1.08. The van der Waals surface area contributed by atoms with E-state index < -0.39 is 11.7 Å². The Morgan fingerprint density at radius 3 is 2.96 bits per heavy atom. The summed E-state index contributed by atoms with van der Waals surface area (Å²) in [4.78, 5) is 25.4. The summed E-state index contributed by atoms with van der Waals surface area (Å²) in [6.45, 7) is 1.46. The van der Waals surface area contributed by atoms with Crippen LogP contribution in [0.5, 0.6) is 0 Å². The zero-order valence-corrected chi connectivity index (χ0v) is 14.0. The van der Waals surface area contributed by atoms with Crippen molar-refractivity contribution in [1.82, 2.24) is 20.4 Å². The number of aryl methyl sites for hydroxylation is 2. The number of aromatic nitrogens is 2. The summed E-state index contributed by atoms with van der Waals surface area (Å²) < 4.78 is 15.7. The molecule has 1 aromatic carbocycles. The molecular formula is C17H20FN5O2. The van der Waals surface area contributed by atoms with Gasteiger partial charge in [-0.1, -0.05) is 0 Å². The minimum Gasteiger partial charge on any atom is -0.352 e. The van der Waals surface area contributed by atoms with Crippen LogP contribution < -0.4 is 15.5 Å². The maximum atomic E-state index is 14.0. The molecule has 1 aliphatic rings. The van der Waals surface area contributed by atoms with Gasteiger partial charge >= 0.3 is 6.03 Å². The highest BCUT2D eigenvalue weighted by Gasteiger charge is 2.23. The van der Waals surface area contributed by atoms with E-state index in [2.05, 4.69) is 15.7 Å². The predicted octanol–water partition coefficient (Wildman–Crippen LogP) is 1.45. The number of benzene rings is 1. The van der Waals surface area contributed by atoms with Crippen molar-refractivity contribution < 1.29 is 14.0 Å². The predicted molar refractivity (Wildman–Crippen MR) is 91.0 cm³/mol. The van der Waals surface area contributed by atoms with Crippen LogP contribution >= 0.6 is 0 Å². The Balaban J connectivity index is 1.58. The third kappa shape index (κ3) is 3.96. The van der Waals surface area contributed by atoms with Crippen LogP contribution in [-0.2, 0) is 13.5 Å². The maximum absolute atomic E-state index is 14.0. The minimum atomic E-state index is -0.604. The van der Waals surface area contributed by atoms with Crippen LogP contribution in [0.3, 0.4) is 0 Å². The summed E-state index contributed by atoms with van der Waals surface area (Å²) in [6, 6.07) is 3.89. The normalized spacial score (nSPS) is 13.8. The van der Waals surface area contributed by atoms with Gasteiger partial charge in [-0.3, -0.25) is 14.4 Å². The lowest BCUT2D eigenvalue weighted by Crippen LogP contribution is -2.29. The lowest BCUT2D eigenvalue weighted by Gasteiger charge is -2.15. The fourth-order valence-corrected chi connectivity index (χ4v) is 2.76. The first-order valence-corrected chi connectivity index (χ1v) is 8.15. The lowest BCUT2D eigenvalue weighted by molar-refractivity contribution is 0.0949. The number of nitrogens with zero attached hydrogens (tertiary/aromatic N) is 3. The van der Waals surface area contributed by atoms with Crippen molar-refractivity contribution in [3.05, 3.63) is 47.5 Å². The Morgan fingerprint density at radius 2 is 2.28 bits per heavy atom. The molecule has 1 aromatic heterocycles. The van der Waals surface area contributed by atoms with Gasteiger partial charge in [0.15, 0.2) is 0 Å². The molecule has 0 unspecified atom stereocenters. The lowest BCUT2D eigenvalue weighted by atomic mass is 10.1. The molecule has 3 rings (SSSR count). The number of carbonyl (C=O) groups excluding carboxylic acids is 2. The van der Waals surface area contributed by atoms with E-state index in [1.54, 1.807) is 10.9 Å². The third-order valence-electron chi connectivity index (χ3n) is 4.05. The highest BCUT2D eigenvalue weighted by molar-refractivity contribution is 5.98. The summed E-state index contributed by atoms with van der Waals surface area (Å²) in [5.41, 5.74) is 1.54. The first kappa shape index (κ1) is 16.9. The SMILES string of the molecule is Cn1cc(CCCNC(=O)c2cc(N3CCNC3=O)ccc2F)cn1. The molecule has 25 heavy (non-hydrogen) atoms. The van der Waals surface area contributed by atoms with Gasteiger partial charge in [0.2, 0.25) is 0 Å². The number of anilines is 1. The number of carbonyl (C=O) groups is 2. The van der Waals surface area contributed by atoms with Crippen molar-refractivity contribution in [2.75, 3.05) is 24.5 Å². The van der Waals surface area contributed by atoms with Gasteiger partial charge in [-0.15, -0.1) is 0 Å². The molecule has 0 atom stereocenters. The molecule has 0 spiro atoms.